The first-order chi connectivity index (χ1) is 16.3. The Kier molecular flexibility index (Phi) is 5.33. The molecule has 3 aromatic heterocycles. The van der Waals surface area contributed by atoms with Gasteiger partial charge in [0, 0.05) is 44.0 Å². The van der Waals surface area contributed by atoms with Crippen molar-refractivity contribution in [2.24, 2.45) is 0 Å². The molecule has 0 unspecified atom stereocenters. The van der Waals surface area contributed by atoms with E-state index in [2.05, 4.69) is 24.8 Å². The van der Waals surface area contributed by atoms with Crippen LogP contribution < -0.4 is 4.90 Å². The quantitative estimate of drug-likeness (QED) is 0.365. The lowest BCUT2D eigenvalue weighted by atomic mass is 10.2. The second-order valence-corrected chi connectivity index (χ2v) is 8.76. The minimum absolute atomic E-state index is 0.586. The third-order valence-corrected chi connectivity index (χ3v) is 6.50. The molecule has 1 saturated heterocycles. The largest absolute Gasteiger partial charge is 0.431 e. The fourth-order valence-electron chi connectivity index (χ4n) is 3.98. The summed E-state index contributed by atoms with van der Waals surface area (Å²) in [4.78, 5) is 27.7. The van der Waals surface area contributed by atoms with Crippen molar-refractivity contribution in [3.05, 3.63) is 72.8 Å². The van der Waals surface area contributed by atoms with Gasteiger partial charge in [0.25, 0.3) is 5.22 Å². The minimum Gasteiger partial charge on any atom is -0.431 e. The lowest BCUT2D eigenvalue weighted by Gasteiger charge is -2.34. The molecular formula is C24H21N7OS. The summed E-state index contributed by atoms with van der Waals surface area (Å²) < 4.78 is 5.93. The van der Waals surface area contributed by atoms with Gasteiger partial charge in [-0.1, -0.05) is 30.3 Å². The monoisotopic (exact) mass is 455 g/mol. The van der Waals surface area contributed by atoms with Gasteiger partial charge in [0.2, 0.25) is 5.95 Å². The fourth-order valence-corrected chi connectivity index (χ4v) is 4.85. The standard InChI is InChI=1S/C24H21N7OS/c1-2-7-18-17(6-1)22(33-24-28-19-8-3-4-9-20(19)32-24)29-21(27-18)16-30-12-14-31(15-13-30)23-25-10-5-11-26-23/h1-11H,12-16H2. The van der Waals surface area contributed by atoms with Gasteiger partial charge in [0.15, 0.2) is 5.58 Å². The molecule has 0 bridgehead atoms. The predicted molar refractivity (Wildman–Crippen MR) is 127 cm³/mol. The number of benzene rings is 2. The zero-order valence-corrected chi connectivity index (χ0v) is 18.6. The third kappa shape index (κ3) is 4.24. The van der Waals surface area contributed by atoms with E-state index in [0.717, 1.165) is 65.0 Å². The first-order valence-corrected chi connectivity index (χ1v) is 11.7. The summed E-state index contributed by atoms with van der Waals surface area (Å²) in [6.45, 7) is 4.25. The second-order valence-electron chi connectivity index (χ2n) is 7.82. The van der Waals surface area contributed by atoms with Gasteiger partial charge in [0.05, 0.1) is 12.1 Å². The van der Waals surface area contributed by atoms with Crippen molar-refractivity contribution in [2.45, 2.75) is 16.8 Å². The molecule has 0 N–H and O–H groups in total. The molecule has 0 saturated carbocycles. The molecule has 1 fully saturated rings. The third-order valence-electron chi connectivity index (χ3n) is 5.65. The summed E-state index contributed by atoms with van der Waals surface area (Å²) in [5.41, 5.74) is 2.55. The Bertz CT molecular complexity index is 1370. The van der Waals surface area contributed by atoms with Crippen LogP contribution in [-0.2, 0) is 6.54 Å². The zero-order valence-electron chi connectivity index (χ0n) is 17.8. The molecule has 1 aliphatic rings. The maximum absolute atomic E-state index is 5.93. The fraction of sp³-hybridized carbons (Fsp3) is 0.208. The van der Waals surface area contributed by atoms with Gasteiger partial charge in [-0.15, -0.1) is 0 Å². The molecule has 0 radical (unpaired) electrons. The summed E-state index contributed by atoms with van der Waals surface area (Å²) in [6, 6.07) is 17.7. The number of aromatic nitrogens is 5. The minimum atomic E-state index is 0.586. The lowest BCUT2D eigenvalue weighted by Crippen LogP contribution is -2.46. The van der Waals surface area contributed by atoms with Crippen molar-refractivity contribution in [1.82, 2.24) is 29.8 Å². The number of oxazole rings is 1. The number of rotatable bonds is 5. The molecule has 164 valence electrons. The number of piperazine rings is 1. The van der Waals surface area contributed by atoms with Crippen LogP contribution in [0, 0.1) is 0 Å². The van der Waals surface area contributed by atoms with Gasteiger partial charge in [0.1, 0.15) is 16.4 Å². The summed E-state index contributed by atoms with van der Waals surface area (Å²) in [6.07, 6.45) is 3.57. The van der Waals surface area contributed by atoms with Crippen LogP contribution in [-0.4, -0.2) is 56.0 Å². The molecule has 1 aliphatic heterocycles. The molecule has 5 aromatic rings. The Labute approximate surface area is 194 Å². The lowest BCUT2D eigenvalue weighted by molar-refractivity contribution is 0.242. The van der Waals surface area contributed by atoms with E-state index < -0.39 is 0 Å². The highest BCUT2D eigenvalue weighted by atomic mass is 32.2. The van der Waals surface area contributed by atoms with E-state index in [1.807, 2.05) is 54.6 Å². The number of fused-ring (bicyclic) bond motifs is 2. The second kappa shape index (κ2) is 8.76. The summed E-state index contributed by atoms with van der Waals surface area (Å²) in [5.74, 6) is 1.59. The van der Waals surface area contributed by atoms with E-state index in [4.69, 9.17) is 14.4 Å². The summed E-state index contributed by atoms with van der Waals surface area (Å²) >= 11 is 1.44. The van der Waals surface area contributed by atoms with Gasteiger partial charge in [-0.05, 0) is 36.0 Å². The van der Waals surface area contributed by atoms with Gasteiger partial charge >= 0.3 is 0 Å². The van der Waals surface area contributed by atoms with E-state index in [1.54, 1.807) is 12.4 Å². The van der Waals surface area contributed by atoms with Crippen LogP contribution in [0.2, 0.25) is 0 Å². The predicted octanol–water partition coefficient (Wildman–Crippen LogP) is 4.03. The number of nitrogens with zero attached hydrogens (tertiary/aromatic N) is 7. The van der Waals surface area contributed by atoms with Crippen molar-refractivity contribution in [3.8, 4) is 0 Å². The van der Waals surface area contributed by atoms with Crippen LogP contribution in [0.3, 0.4) is 0 Å². The van der Waals surface area contributed by atoms with E-state index in [-0.39, 0.29) is 0 Å². The summed E-state index contributed by atoms with van der Waals surface area (Å²) in [5, 5.41) is 2.44. The molecule has 0 spiro atoms. The van der Waals surface area contributed by atoms with E-state index in [9.17, 15) is 0 Å². The number of para-hydroxylation sites is 3. The summed E-state index contributed by atoms with van der Waals surface area (Å²) in [7, 11) is 0. The highest BCUT2D eigenvalue weighted by Crippen LogP contribution is 2.33. The Balaban J connectivity index is 1.23. The molecular weight excluding hydrogens is 434 g/mol. The smallest absolute Gasteiger partial charge is 0.263 e. The van der Waals surface area contributed by atoms with Crippen molar-refractivity contribution in [3.63, 3.8) is 0 Å². The van der Waals surface area contributed by atoms with Gasteiger partial charge < -0.3 is 9.32 Å². The topological polar surface area (TPSA) is 84.1 Å². The van der Waals surface area contributed by atoms with Gasteiger partial charge in [-0.25, -0.2) is 24.9 Å². The van der Waals surface area contributed by atoms with Gasteiger partial charge in [-0.3, -0.25) is 4.90 Å². The molecule has 0 atom stereocenters. The van der Waals surface area contributed by atoms with Crippen LogP contribution in [0.15, 0.2) is 81.7 Å². The van der Waals surface area contributed by atoms with Crippen LogP contribution in [0.1, 0.15) is 5.82 Å². The Morgan fingerprint density at radius 2 is 1.55 bits per heavy atom. The Morgan fingerprint density at radius 1 is 0.788 bits per heavy atom. The first kappa shape index (κ1) is 20.1. The van der Waals surface area contributed by atoms with Crippen molar-refractivity contribution in [1.29, 1.82) is 0 Å². The maximum atomic E-state index is 5.93. The van der Waals surface area contributed by atoms with Crippen LogP contribution >= 0.6 is 11.8 Å². The molecule has 2 aromatic carbocycles. The van der Waals surface area contributed by atoms with E-state index in [1.165, 1.54) is 11.8 Å². The van der Waals surface area contributed by atoms with Gasteiger partial charge in [-0.2, -0.15) is 0 Å². The molecule has 8 nitrogen and oxygen atoms in total. The molecule has 0 aliphatic carbocycles. The van der Waals surface area contributed by atoms with E-state index in [0.29, 0.717) is 11.8 Å². The van der Waals surface area contributed by atoms with Crippen molar-refractivity contribution in [2.75, 3.05) is 31.1 Å². The maximum Gasteiger partial charge on any atom is 0.263 e. The normalized spacial score (nSPS) is 14.8. The van der Waals surface area contributed by atoms with Crippen molar-refractivity contribution < 1.29 is 4.42 Å². The molecule has 0 amide bonds. The van der Waals surface area contributed by atoms with Crippen molar-refractivity contribution >= 4 is 39.7 Å². The molecule has 4 heterocycles. The van der Waals surface area contributed by atoms with Crippen LogP contribution in [0.5, 0.6) is 0 Å². The Morgan fingerprint density at radius 3 is 2.36 bits per heavy atom. The molecule has 33 heavy (non-hydrogen) atoms. The number of hydrogen-bond donors (Lipinski definition) is 0. The number of hydrogen-bond acceptors (Lipinski definition) is 9. The Hall–Kier alpha value is -3.56. The first-order valence-electron chi connectivity index (χ1n) is 10.9. The van der Waals surface area contributed by atoms with Crippen LogP contribution in [0.25, 0.3) is 22.0 Å². The molecule has 6 rings (SSSR count). The van der Waals surface area contributed by atoms with Crippen LogP contribution in [0.4, 0.5) is 5.95 Å². The highest BCUT2D eigenvalue weighted by Gasteiger charge is 2.21. The molecule has 9 heteroatoms. The SMILES string of the molecule is c1cnc(N2CCN(Cc3nc(Sc4nc5ccccc5o4)c4ccccc4n3)CC2)nc1. The van der Waals surface area contributed by atoms with E-state index >= 15 is 0 Å². The average Bonchev–Trinajstić information content (AvgIpc) is 3.27. The highest BCUT2D eigenvalue weighted by molar-refractivity contribution is 7.99. The zero-order chi connectivity index (χ0) is 22.0. The average molecular weight is 456 g/mol. The number of anilines is 1.